The Labute approximate surface area is 272 Å². The largest absolute Gasteiger partial charge is 0.342 e. The molecule has 9 nitrogen and oxygen atoms in total. The van der Waals surface area contributed by atoms with E-state index in [-0.39, 0.29) is 23.6 Å². The number of likely N-dealkylation sites (N-methyl/N-ethyl adjacent to an activating group) is 1. The summed E-state index contributed by atoms with van der Waals surface area (Å²) in [7, 11) is 3.81. The van der Waals surface area contributed by atoms with E-state index in [1.807, 2.05) is 102 Å². The summed E-state index contributed by atoms with van der Waals surface area (Å²) in [5.74, 6) is 0.475. The van der Waals surface area contributed by atoms with Gasteiger partial charge >= 0.3 is 0 Å². The van der Waals surface area contributed by atoms with Crippen LogP contribution in [-0.2, 0) is 9.59 Å². The minimum absolute atomic E-state index is 0.0208. The number of carbonyl (C=O) groups is 3. The van der Waals surface area contributed by atoms with Crippen molar-refractivity contribution < 1.29 is 14.4 Å². The SMILES string of the molecule is CN(C)CC(=O)N1CCC(C(=O)N2CCC(N3CCN(C(=O)c4cc(-c5ccccc5)nc(-c5ccccc5)c4)CC3)CC2)CC1. The fraction of sp³-hybridized carbons (Fsp3) is 0.459. The number of likely N-dealkylation sites (tertiary alicyclic amines) is 2. The van der Waals surface area contributed by atoms with Crippen LogP contribution in [-0.4, -0.2) is 126 Å². The zero-order valence-electron chi connectivity index (χ0n) is 27.2. The average Bonchev–Trinajstić information content (AvgIpc) is 3.11. The van der Waals surface area contributed by atoms with Crippen molar-refractivity contribution in [3.63, 3.8) is 0 Å². The predicted octanol–water partition coefficient (Wildman–Crippen LogP) is 3.96. The first-order valence-electron chi connectivity index (χ1n) is 16.7. The number of pyridine rings is 1. The van der Waals surface area contributed by atoms with Crippen LogP contribution in [0.15, 0.2) is 72.8 Å². The molecule has 2 aromatic carbocycles. The number of piperazine rings is 1. The lowest BCUT2D eigenvalue weighted by Crippen LogP contribution is -2.55. The van der Waals surface area contributed by atoms with E-state index < -0.39 is 0 Å². The molecular formula is C37H46N6O3. The van der Waals surface area contributed by atoms with Crippen LogP contribution in [0.3, 0.4) is 0 Å². The Hall–Kier alpha value is -4.08. The number of benzene rings is 2. The number of aromatic nitrogens is 1. The molecule has 3 aliphatic rings. The van der Waals surface area contributed by atoms with E-state index in [0.29, 0.717) is 44.3 Å². The van der Waals surface area contributed by atoms with E-state index in [1.165, 1.54) is 0 Å². The maximum absolute atomic E-state index is 13.8. The molecule has 3 aliphatic heterocycles. The van der Waals surface area contributed by atoms with Crippen LogP contribution in [0, 0.1) is 5.92 Å². The van der Waals surface area contributed by atoms with E-state index in [2.05, 4.69) is 9.80 Å². The van der Waals surface area contributed by atoms with Crippen LogP contribution < -0.4 is 0 Å². The molecule has 0 spiro atoms. The van der Waals surface area contributed by atoms with Crippen molar-refractivity contribution in [3.8, 4) is 22.5 Å². The molecule has 0 aliphatic carbocycles. The Balaban J connectivity index is 1.02. The average molecular weight is 623 g/mol. The molecule has 0 unspecified atom stereocenters. The topological polar surface area (TPSA) is 80.3 Å². The van der Waals surface area contributed by atoms with Gasteiger partial charge < -0.3 is 19.6 Å². The Kier molecular flexibility index (Phi) is 10.1. The van der Waals surface area contributed by atoms with Gasteiger partial charge in [-0.2, -0.15) is 0 Å². The second kappa shape index (κ2) is 14.6. The molecular weight excluding hydrogens is 576 g/mol. The monoisotopic (exact) mass is 622 g/mol. The van der Waals surface area contributed by atoms with Crippen molar-refractivity contribution in [2.45, 2.75) is 31.7 Å². The first-order chi connectivity index (χ1) is 22.4. The third kappa shape index (κ3) is 7.48. The van der Waals surface area contributed by atoms with E-state index in [9.17, 15) is 14.4 Å². The van der Waals surface area contributed by atoms with E-state index in [0.717, 1.165) is 74.4 Å². The number of rotatable bonds is 7. The van der Waals surface area contributed by atoms with Crippen LogP contribution >= 0.6 is 0 Å². The summed E-state index contributed by atoms with van der Waals surface area (Å²) in [6.45, 7) is 6.38. The third-order valence-electron chi connectivity index (χ3n) is 9.75. The lowest BCUT2D eigenvalue weighted by atomic mass is 9.93. The molecule has 46 heavy (non-hydrogen) atoms. The summed E-state index contributed by atoms with van der Waals surface area (Å²) in [6.07, 6.45) is 3.44. The summed E-state index contributed by atoms with van der Waals surface area (Å²) < 4.78 is 0. The Morgan fingerprint density at radius 3 is 1.72 bits per heavy atom. The lowest BCUT2D eigenvalue weighted by molar-refractivity contribution is -0.142. The van der Waals surface area contributed by atoms with Crippen LogP contribution in [0.2, 0.25) is 0 Å². The van der Waals surface area contributed by atoms with Crippen molar-refractivity contribution in [2.75, 3.05) is 73.0 Å². The van der Waals surface area contributed by atoms with Crippen molar-refractivity contribution in [2.24, 2.45) is 5.92 Å². The zero-order valence-corrected chi connectivity index (χ0v) is 27.2. The summed E-state index contributed by atoms with van der Waals surface area (Å²) in [4.78, 5) is 54.8. The molecule has 3 aromatic rings. The molecule has 4 heterocycles. The minimum Gasteiger partial charge on any atom is -0.342 e. The van der Waals surface area contributed by atoms with Crippen LogP contribution in [0.25, 0.3) is 22.5 Å². The Bertz CT molecular complexity index is 1430. The molecule has 6 rings (SSSR count). The van der Waals surface area contributed by atoms with Crippen LogP contribution in [0.5, 0.6) is 0 Å². The number of nitrogens with zero attached hydrogens (tertiary/aromatic N) is 6. The molecule has 3 amide bonds. The predicted molar refractivity (Wildman–Crippen MR) is 180 cm³/mol. The van der Waals surface area contributed by atoms with E-state index in [1.54, 1.807) is 0 Å². The van der Waals surface area contributed by atoms with Gasteiger partial charge in [0.2, 0.25) is 11.8 Å². The number of piperidine rings is 2. The lowest BCUT2D eigenvalue weighted by Gasteiger charge is -2.43. The van der Waals surface area contributed by atoms with Gasteiger partial charge in [-0.25, -0.2) is 4.98 Å². The number of hydrogen-bond donors (Lipinski definition) is 0. The van der Waals surface area contributed by atoms with Crippen molar-refractivity contribution in [3.05, 3.63) is 78.4 Å². The maximum Gasteiger partial charge on any atom is 0.254 e. The van der Waals surface area contributed by atoms with Gasteiger partial charge in [0, 0.05) is 81.0 Å². The summed E-state index contributed by atoms with van der Waals surface area (Å²) in [5, 5.41) is 0. The molecule has 0 radical (unpaired) electrons. The minimum atomic E-state index is 0.0208. The first kappa shape index (κ1) is 31.9. The van der Waals surface area contributed by atoms with Crippen molar-refractivity contribution >= 4 is 17.7 Å². The molecule has 0 saturated carbocycles. The summed E-state index contributed by atoms with van der Waals surface area (Å²) in [5.41, 5.74) is 4.25. The molecule has 3 saturated heterocycles. The summed E-state index contributed by atoms with van der Waals surface area (Å²) >= 11 is 0. The number of carbonyl (C=O) groups excluding carboxylic acids is 3. The molecule has 1 aromatic heterocycles. The fourth-order valence-corrected chi connectivity index (χ4v) is 7.10. The number of hydrogen-bond acceptors (Lipinski definition) is 6. The highest BCUT2D eigenvalue weighted by molar-refractivity contribution is 5.96. The second-order valence-corrected chi connectivity index (χ2v) is 13.1. The van der Waals surface area contributed by atoms with Gasteiger partial charge in [0.25, 0.3) is 5.91 Å². The summed E-state index contributed by atoms with van der Waals surface area (Å²) in [6, 6.07) is 24.3. The Morgan fingerprint density at radius 1 is 0.674 bits per heavy atom. The van der Waals surface area contributed by atoms with Crippen molar-refractivity contribution in [1.29, 1.82) is 0 Å². The van der Waals surface area contributed by atoms with Gasteiger partial charge in [-0.3, -0.25) is 19.3 Å². The molecule has 0 bridgehead atoms. The highest BCUT2D eigenvalue weighted by atomic mass is 16.2. The standard InChI is InChI=1S/C37H46N6O3/c1-39(2)27-35(44)41-17-13-30(14-18-41)36(45)42-19-15-32(16-20-42)40-21-23-43(24-22-40)37(46)31-25-33(28-9-5-3-6-10-28)38-34(26-31)29-11-7-4-8-12-29/h3-12,25-26,30,32H,13-24,27H2,1-2H3. The zero-order chi connectivity index (χ0) is 32.0. The molecule has 0 N–H and O–H groups in total. The molecule has 0 atom stereocenters. The first-order valence-corrected chi connectivity index (χ1v) is 16.7. The van der Waals surface area contributed by atoms with Crippen LogP contribution in [0.4, 0.5) is 0 Å². The fourth-order valence-electron chi connectivity index (χ4n) is 7.10. The van der Waals surface area contributed by atoms with Gasteiger partial charge in [0.15, 0.2) is 0 Å². The second-order valence-electron chi connectivity index (χ2n) is 13.1. The van der Waals surface area contributed by atoms with Crippen LogP contribution in [0.1, 0.15) is 36.0 Å². The highest BCUT2D eigenvalue weighted by Gasteiger charge is 2.34. The van der Waals surface area contributed by atoms with Gasteiger partial charge in [0.05, 0.1) is 17.9 Å². The highest BCUT2D eigenvalue weighted by Crippen LogP contribution is 2.27. The Morgan fingerprint density at radius 2 is 1.20 bits per heavy atom. The number of amides is 3. The molecule has 242 valence electrons. The molecule has 9 heteroatoms. The van der Waals surface area contributed by atoms with Gasteiger partial charge in [-0.1, -0.05) is 60.7 Å². The maximum atomic E-state index is 13.8. The van der Waals surface area contributed by atoms with Crippen molar-refractivity contribution in [1.82, 2.24) is 29.5 Å². The van der Waals surface area contributed by atoms with E-state index >= 15 is 0 Å². The molecule has 3 fully saturated rings. The third-order valence-corrected chi connectivity index (χ3v) is 9.75. The normalized spacial score (nSPS) is 18.6. The van der Waals surface area contributed by atoms with Gasteiger partial charge in [0.1, 0.15) is 0 Å². The smallest absolute Gasteiger partial charge is 0.254 e. The quantitative estimate of drug-likeness (QED) is 0.397. The van der Waals surface area contributed by atoms with Gasteiger partial charge in [-0.15, -0.1) is 0 Å². The van der Waals surface area contributed by atoms with Gasteiger partial charge in [-0.05, 0) is 51.9 Å². The van der Waals surface area contributed by atoms with E-state index in [4.69, 9.17) is 4.98 Å².